The number of aromatic nitrogens is 1. The van der Waals surface area contributed by atoms with Gasteiger partial charge in [-0.2, -0.15) is 0 Å². The lowest BCUT2D eigenvalue weighted by Crippen LogP contribution is -2.50. The van der Waals surface area contributed by atoms with Crippen LogP contribution in [0.2, 0.25) is 0 Å². The Morgan fingerprint density at radius 2 is 1.89 bits per heavy atom. The Morgan fingerprint density at radius 3 is 2.70 bits per heavy atom. The average molecular weight is 383 g/mol. The first kappa shape index (κ1) is 17.3. The van der Waals surface area contributed by atoms with Crippen molar-refractivity contribution in [1.82, 2.24) is 10.3 Å². The second kappa shape index (κ2) is 7.24. The van der Waals surface area contributed by atoms with Crippen LogP contribution in [0.25, 0.3) is 10.2 Å². The molecule has 3 aromatic rings. The summed E-state index contributed by atoms with van der Waals surface area (Å²) in [6.45, 7) is 1.70. The molecule has 0 unspecified atom stereocenters. The quantitative estimate of drug-likeness (QED) is 0.723. The molecule has 2 N–H and O–H groups in total. The van der Waals surface area contributed by atoms with Gasteiger partial charge in [-0.05, 0) is 31.2 Å². The van der Waals surface area contributed by atoms with Crippen molar-refractivity contribution in [1.29, 1.82) is 0 Å². The van der Waals surface area contributed by atoms with Gasteiger partial charge < -0.3 is 20.1 Å². The number of para-hydroxylation sites is 3. The van der Waals surface area contributed by atoms with Gasteiger partial charge >= 0.3 is 0 Å². The summed E-state index contributed by atoms with van der Waals surface area (Å²) in [6.07, 6.45) is -0.808. The Kier molecular flexibility index (Phi) is 4.64. The number of rotatable bonds is 4. The maximum Gasteiger partial charge on any atom is 0.265 e. The number of ether oxygens (including phenoxy) is 2. The number of carbonyl (C=O) groups is 2. The monoisotopic (exact) mass is 383 g/mol. The third-order valence-electron chi connectivity index (χ3n) is 4.08. The predicted molar refractivity (Wildman–Crippen MR) is 102 cm³/mol. The summed E-state index contributed by atoms with van der Waals surface area (Å²) < 4.78 is 12.2. The first-order valence-corrected chi connectivity index (χ1v) is 9.27. The summed E-state index contributed by atoms with van der Waals surface area (Å²) >= 11 is 1.38. The second-order valence-electron chi connectivity index (χ2n) is 6.07. The normalized spacial score (nSPS) is 16.6. The van der Waals surface area contributed by atoms with E-state index in [2.05, 4.69) is 15.6 Å². The van der Waals surface area contributed by atoms with Gasteiger partial charge in [-0.3, -0.25) is 9.59 Å². The molecule has 1 aromatic heterocycles. The Labute approximate surface area is 159 Å². The molecule has 0 radical (unpaired) electrons. The highest BCUT2D eigenvalue weighted by molar-refractivity contribution is 7.22. The molecule has 0 aliphatic carbocycles. The van der Waals surface area contributed by atoms with E-state index in [1.807, 2.05) is 30.3 Å². The van der Waals surface area contributed by atoms with E-state index in [-0.39, 0.29) is 12.5 Å². The fourth-order valence-electron chi connectivity index (χ4n) is 2.66. The highest BCUT2D eigenvalue weighted by atomic mass is 32.1. The Bertz CT molecular complexity index is 970. The molecule has 0 fully saturated rings. The highest BCUT2D eigenvalue weighted by Crippen LogP contribution is 2.31. The average Bonchev–Trinajstić information content (AvgIpc) is 3.09. The van der Waals surface area contributed by atoms with Crippen LogP contribution >= 0.6 is 11.3 Å². The number of benzene rings is 2. The van der Waals surface area contributed by atoms with Crippen molar-refractivity contribution in [3.63, 3.8) is 0 Å². The van der Waals surface area contributed by atoms with Gasteiger partial charge in [-0.1, -0.05) is 35.6 Å². The number of thiazole rings is 1. The van der Waals surface area contributed by atoms with Crippen LogP contribution in [0.4, 0.5) is 5.13 Å². The van der Waals surface area contributed by atoms with E-state index in [9.17, 15) is 9.59 Å². The van der Waals surface area contributed by atoms with E-state index in [0.717, 1.165) is 10.2 Å². The Morgan fingerprint density at radius 1 is 1.15 bits per heavy atom. The first-order chi connectivity index (χ1) is 13.1. The van der Waals surface area contributed by atoms with Crippen LogP contribution in [-0.2, 0) is 9.59 Å². The molecule has 4 rings (SSSR count). The molecule has 27 heavy (non-hydrogen) atoms. The van der Waals surface area contributed by atoms with E-state index in [1.165, 1.54) is 11.3 Å². The minimum Gasteiger partial charge on any atom is -0.485 e. The molecule has 0 saturated heterocycles. The summed E-state index contributed by atoms with van der Waals surface area (Å²) in [7, 11) is 0. The third kappa shape index (κ3) is 3.70. The van der Waals surface area contributed by atoms with E-state index in [1.54, 1.807) is 25.1 Å². The predicted octanol–water partition coefficient (Wildman–Crippen LogP) is 2.58. The molecular formula is C19H17N3O4S. The van der Waals surface area contributed by atoms with Crippen molar-refractivity contribution < 1.29 is 19.1 Å². The van der Waals surface area contributed by atoms with Crippen LogP contribution in [0, 0.1) is 0 Å². The van der Waals surface area contributed by atoms with Crippen LogP contribution < -0.4 is 20.1 Å². The molecule has 2 amide bonds. The number of fused-ring (bicyclic) bond motifs is 2. The summed E-state index contributed by atoms with van der Waals surface area (Å²) in [5.74, 6) is 0.356. The summed E-state index contributed by atoms with van der Waals surface area (Å²) in [5.41, 5.74) is 0.820. The summed E-state index contributed by atoms with van der Waals surface area (Å²) in [6, 6.07) is 14.0. The number of hydrogen-bond donors (Lipinski definition) is 2. The minimum atomic E-state index is -0.808. The molecule has 138 valence electrons. The summed E-state index contributed by atoms with van der Waals surface area (Å²) in [4.78, 5) is 29.1. The zero-order valence-electron chi connectivity index (χ0n) is 14.5. The maximum atomic E-state index is 12.4. The standard InChI is InChI=1S/C19H17N3O4S/c1-11(17(23)22-19-21-12-6-2-5-9-16(12)27-19)20-18(24)15-10-25-13-7-3-4-8-14(13)26-15/h2-9,11,15H,10H2,1H3,(H,20,24)(H,21,22,23)/t11-,15-/m1/s1. The van der Waals surface area contributed by atoms with Crippen molar-refractivity contribution in [2.24, 2.45) is 0 Å². The van der Waals surface area contributed by atoms with Gasteiger partial charge in [0.05, 0.1) is 10.2 Å². The number of hydrogen-bond acceptors (Lipinski definition) is 6. The van der Waals surface area contributed by atoms with Crippen molar-refractivity contribution in [2.45, 2.75) is 19.1 Å². The molecule has 2 heterocycles. The number of nitrogens with one attached hydrogen (secondary N) is 2. The first-order valence-electron chi connectivity index (χ1n) is 8.45. The van der Waals surface area contributed by atoms with Crippen molar-refractivity contribution >= 4 is 38.5 Å². The number of nitrogens with zero attached hydrogens (tertiary/aromatic N) is 1. The van der Waals surface area contributed by atoms with E-state index in [4.69, 9.17) is 9.47 Å². The number of carbonyl (C=O) groups excluding carboxylic acids is 2. The van der Waals surface area contributed by atoms with Crippen LogP contribution in [-0.4, -0.2) is 35.6 Å². The van der Waals surface area contributed by atoms with Gasteiger partial charge in [-0.15, -0.1) is 0 Å². The van der Waals surface area contributed by atoms with Crippen molar-refractivity contribution in [3.05, 3.63) is 48.5 Å². The SMILES string of the molecule is C[C@@H](NC(=O)[C@H]1COc2ccccc2O1)C(=O)Nc1nc2ccccc2s1. The van der Waals surface area contributed by atoms with Gasteiger partial charge in [0.1, 0.15) is 12.6 Å². The molecule has 1 aliphatic rings. The summed E-state index contributed by atoms with van der Waals surface area (Å²) in [5, 5.41) is 5.89. The Hall–Kier alpha value is -3.13. The van der Waals surface area contributed by atoms with Gasteiger partial charge in [0.15, 0.2) is 16.6 Å². The molecule has 0 spiro atoms. The smallest absolute Gasteiger partial charge is 0.265 e. The fourth-order valence-corrected chi connectivity index (χ4v) is 3.53. The molecule has 0 bridgehead atoms. The van der Waals surface area contributed by atoms with Crippen LogP contribution in [0.1, 0.15) is 6.92 Å². The van der Waals surface area contributed by atoms with Crippen molar-refractivity contribution in [2.75, 3.05) is 11.9 Å². The lowest BCUT2D eigenvalue weighted by Gasteiger charge is -2.26. The molecule has 2 atom stereocenters. The lowest BCUT2D eigenvalue weighted by atomic mass is 10.2. The highest BCUT2D eigenvalue weighted by Gasteiger charge is 2.29. The van der Waals surface area contributed by atoms with Gasteiger partial charge in [0.25, 0.3) is 5.91 Å². The van der Waals surface area contributed by atoms with Gasteiger partial charge in [-0.25, -0.2) is 4.98 Å². The molecule has 0 saturated carbocycles. The number of amides is 2. The fraction of sp³-hybridized carbons (Fsp3) is 0.211. The van der Waals surface area contributed by atoms with Crippen LogP contribution in [0.3, 0.4) is 0 Å². The minimum absolute atomic E-state index is 0.0923. The van der Waals surface area contributed by atoms with Crippen LogP contribution in [0.15, 0.2) is 48.5 Å². The van der Waals surface area contributed by atoms with E-state index < -0.39 is 18.1 Å². The van der Waals surface area contributed by atoms with E-state index >= 15 is 0 Å². The zero-order chi connectivity index (χ0) is 18.8. The van der Waals surface area contributed by atoms with Crippen molar-refractivity contribution in [3.8, 4) is 11.5 Å². The molecule has 2 aromatic carbocycles. The topological polar surface area (TPSA) is 89.5 Å². The molecule has 7 nitrogen and oxygen atoms in total. The molecular weight excluding hydrogens is 366 g/mol. The molecule has 8 heteroatoms. The van der Waals surface area contributed by atoms with Crippen LogP contribution in [0.5, 0.6) is 11.5 Å². The number of anilines is 1. The lowest BCUT2D eigenvalue weighted by molar-refractivity contribution is -0.133. The maximum absolute atomic E-state index is 12.4. The molecule has 1 aliphatic heterocycles. The third-order valence-corrected chi connectivity index (χ3v) is 5.03. The Balaban J connectivity index is 1.36. The van der Waals surface area contributed by atoms with Gasteiger partial charge in [0, 0.05) is 0 Å². The second-order valence-corrected chi connectivity index (χ2v) is 7.10. The largest absolute Gasteiger partial charge is 0.485 e. The van der Waals surface area contributed by atoms with Gasteiger partial charge in [0.2, 0.25) is 12.0 Å². The van der Waals surface area contributed by atoms with E-state index in [0.29, 0.717) is 16.6 Å². The zero-order valence-corrected chi connectivity index (χ0v) is 15.3.